The number of carbonyl (C=O) groups is 2. The first-order valence-corrected chi connectivity index (χ1v) is 9.65. The highest BCUT2D eigenvalue weighted by Gasteiger charge is 2.23. The van der Waals surface area contributed by atoms with E-state index >= 15 is 0 Å². The Hall–Kier alpha value is -3.07. The fourth-order valence-electron chi connectivity index (χ4n) is 2.51. The Balaban J connectivity index is 2.37. The number of anilines is 1. The predicted octanol–water partition coefficient (Wildman–Crippen LogP) is 5.35. The van der Waals surface area contributed by atoms with Gasteiger partial charge in [0.15, 0.2) is 0 Å². The Morgan fingerprint density at radius 1 is 1.24 bits per heavy atom. The molecule has 0 aliphatic carbocycles. The molecule has 0 radical (unpaired) electrons. The van der Waals surface area contributed by atoms with E-state index in [1.54, 1.807) is 39.0 Å². The summed E-state index contributed by atoms with van der Waals surface area (Å²) in [6.45, 7) is 7.18. The number of amides is 1. The van der Waals surface area contributed by atoms with Crippen molar-refractivity contribution in [2.75, 3.05) is 5.32 Å². The summed E-state index contributed by atoms with van der Waals surface area (Å²) in [6.07, 6.45) is -0.0123. The molecule has 8 nitrogen and oxygen atoms in total. The summed E-state index contributed by atoms with van der Waals surface area (Å²) in [5.74, 6) is -1.24. The minimum atomic E-state index is -1.24. The van der Waals surface area contributed by atoms with E-state index < -0.39 is 22.6 Å². The molecule has 0 unspecified atom stereocenters. The lowest BCUT2D eigenvalue weighted by Crippen LogP contribution is -2.27. The van der Waals surface area contributed by atoms with Gasteiger partial charge in [-0.05, 0) is 57.0 Å². The molecule has 29 heavy (non-hydrogen) atoms. The fourth-order valence-corrected chi connectivity index (χ4v) is 3.71. The first-order valence-electron chi connectivity index (χ1n) is 8.83. The first kappa shape index (κ1) is 22.2. The fraction of sp³-hybridized carbons (Fsp3) is 0.300. The highest BCUT2D eigenvalue weighted by atomic mass is 32.2. The maximum atomic E-state index is 12.0. The molecule has 0 heterocycles. The Morgan fingerprint density at radius 3 is 2.48 bits per heavy atom. The van der Waals surface area contributed by atoms with E-state index in [1.807, 2.05) is 6.92 Å². The van der Waals surface area contributed by atoms with E-state index in [2.05, 4.69) is 5.32 Å². The Labute approximate surface area is 172 Å². The molecule has 2 aromatic carbocycles. The van der Waals surface area contributed by atoms with Crippen molar-refractivity contribution in [1.29, 1.82) is 0 Å². The van der Waals surface area contributed by atoms with Crippen LogP contribution in [0.3, 0.4) is 0 Å². The van der Waals surface area contributed by atoms with Crippen LogP contribution in [-0.4, -0.2) is 27.7 Å². The predicted molar refractivity (Wildman–Crippen MR) is 110 cm³/mol. The summed E-state index contributed by atoms with van der Waals surface area (Å²) in [5, 5.41) is 23.4. The van der Waals surface area contributed by atoms with Gasteiger partial charge in [0.25, 0.3) is 5.69 Å². The largest absolute Gasteiger partial charge is 0.478 e. The monoisotopic (exact) mass is 418 g/mol. The highest BCUT2D eigenvalue weighted by molar-refractivity contribution is 7.99. The highest BCUT2D eigenvalue weighted by Crippen LogP contribution is 2.39. The van der Waals surface area contributed by atoms with Gasteiger partial charge in [-0.1, -0.05) is 24.8 Å². The number of ether oxygens (including phenoxy) is 1. The summed E-state index contributed by atoms with van der Waals surface area (Å²) in [4.78, 5) is 35.0. The molecule has 0 bridgehead atoms. The van der Waals surface area contributed by atoms with E-state index in [1.165, 1.54) is 18.2 Å². The van der Waals surface area contributed by atoms with Crippen LogP contribution in [0, 0.1) is 10.1 Å². The van der Waals surface area contributed by atoms with Crippen molar-refractivity contribution in [2.24, 2.45) is 0 Å². The van der Waals surface area contributed by atoms with Crippen molar-refractivity contribution < 1.29 is 24.4 Å². The summed E-state index contributed by atoms with van der Waals surface area (Å²) >= 11 is 1.02. The van der Waals surface area contributed by atoms with Crippen molar-refractivity contribution >= 4 is 35.2 Å². The molecule has 0 fully saturated rings. The zero-order chi connectivity index (χ0) is 21.8. The lowest BCUT2D eigenvalue weighted by Gasteiger charge is -2.20. The van der Waals surface area contributed by atoms with Crippen LogP contribution in [0.4, 0.5) is 16.2 Å². The van der Waals surface area contributed by atoms with Crippen LogP contribution in [0.15, 0.2) is 46.2 Å². The molecule has 0 aliphatic heterocycles. The smallest absolute Gasteiger partial charge is 0.412 e. The number of carboxylic acid groups (broad SMARTS) is 1. The molecular formula is C20H22N2O6S. The van der Waals surface area contributed by atoms with E-state index in [0.717, 1.165) is 17.3 Å². The normalized spacial score (nSPS) is 11.0. The van der Waals surface area contributed by atoms with E-state index in [4.69, 9.17) is 4.74 Å². The number of hydrogen-bond donors (Lipinski definition) is 2. The lowest BCUT2D eigenvalue weighted by molar-refractivity contribution is -0.387. The number of nitrogens with zero attached hydrogens (tertiary/aromatic N) is 1. The van der Waals surface area contributed by atoms with Crippen molar-refractivity contribution in [1.82, 2.24) is 0 Å². The number of aromatic carboxylic acids is 1. The van der Waals surface area contributed by atoms with E-state index in [0.29, 0.717) is 17.0 Å². The quantitative estimate of drug-likeness (QED) is 0.479. The molecule has 0 saturated heterocycles. The molecule has 0 aromatic heterocycles. The van der Waals surface area contributed by atoms with Gasteiger partial charge >= 0.3 is 12.1 Å². The van der Waals surface area contributed by atoms with Crippen LogP contribution in [0.5, 0.6) is 0 Å². The number of nitro benzene ring substituents is 1. The molecule has 0 spiro atoms. The molecule has 1 amide bonds. The van der Waals surface area contributed by atoms with Crippen LogP contribution in [0.2, 0.25) is 0 Å². The third-order valence-corrected chi connectivity index (χ3v) is 4.97. The average molecular weight is 418 g/mol. The number of aryl methyl sites for hydroxylation is 1. The molecule has 0 saturated carbocycles. The Morgan fingerprint density at radius 2 is 1.93 bits per heavy atom. The average Bonchev–Trinajstić information content (AvgIpc) is 2.60. The van der Waals surface area contributed by atoms with E-state index in [-0.39, 0.29) is 16.1 Å². The number of carbonyl (C=O) groups excluding carboxylic acids is 1. The van der Waals surface area contributed by atoms with Crippen LogP contribution < -0.4 is 5.32 Å². The van der Waals surface area contributed by atoms with Crippen LogP contribution in [0.1, 0.15) is 43.6 Å². The third-order valence-electron chi connectivity index (χ3n) is 3.72. The number of rotatable bonds is 6. The van der Waals surface area contributed by atoms with Gasteiger partial charge in [0.1, 0.15) is 10.5 Å². The zero-order valence-corrected chi connectivity index (χ0v) is 17.3. The van der Waals surface area contributed by atoms with Crippen LogP contribution in [0.25, 0.3) is 0 Å². The lowest BCUT2D eigenvalue weighted by atomic mass is 10.1. The standard InChI is InChI=1S/C20H22N2O6S/c1-5-12-11-13(21-19(25)28-20(2,3)4)9-10-16(12)29-17-14(18(23)24)7-6-8-15(17)22(26)27/h6-11H,5H2,1-4H3,(H,21,25)(H,23,24). The molecule has 2 N–H and O–H groups in total. The number of nitro groups is 1. The summed E-state index contributed by atoms with van der Waals surface area (Å²) in [7, 11) is 0. The number of carboxylic acids is 1. The molecule has 2 aromatic rings. The Kier molecular flexibility index (Phi) is 6.86. The molecule has 0 atom stereocenters. The van der Waals surface area contributed by atoms with Crippen molar-refractivity contribution in [3.05, 3.63) is 57.6 Å². The molecular weight excluding hydrogens is 396 g/mol. The SMILES string of the molecule is CCc1cc(NC(=O)OC(C)(C)C)ccc1Sc1c(C(=O)O)cccc1[N+](=O)[O-]. The van der Waals surface area contributed by atoms with Crippen molar-refractivity contribution in [3.63, 3.8) is 0 Å². The molecule has 154 valence electrons. The zero-order valence-electron chi connectivity index (χ0n) is 16.5. The van der Waals surface area contributed by atoms with Gasteiger partial charge in [0.05, 0.1) is 10.5 Å². The van der Waals surface area contributed by atoms with Gasteiger partial charge in [-0.15, -0.1) is 0 Å². The van der Waals surface area contributed by atoms with Gasteiger partial charge in [0, 0.05) is 16.6 Å². The van der Waals surface area contributed by atoms with Crippen molar-refractivity contribution in [3.8, 4) is 0 Å². The van der Waals surface area contributed by atoms with Gasteiger partial charge < -0.3 is 9.84 Å². The number of hydrogen-bond acceptors (Lipinski definition) is 6. The van der Waals surface area contributed by atoms with Crippen LogP contribution >= 0.6 is 11.8 Å². The second-order valence-electron chi connectivity index (χ2n) is 7.12. The molecule has 2 rings (SSSR count). The second-order valence-corrected chi connectivity index (χ2v) is 8.17. The topological polar surface area (TPSA) is 119 Å². The summed E-state index contributed by atoms with van der Waals surface area (Å²) < 4.78 is 5.23. The third kappa shape index (κ3) is 5.95. The minimum absolute atomic E-state index is 0.0625. The first-order chi connectivity index (χ1) is 13.5. The van der Waals surface area contributed by atoms with Gasteiger partial charge in [-0.2, -0.15) is 0 Å². The Bertz CT molecular complexity index is 920. The maximum absolute atomic E-state index is 12.0. The maximum Gasteiger partial charge on any atom is 0.412 e. The second kappa shape index (κ2) is 8.95. The van der Waals surface area contributed by atoms with Gasteiger partial charge in [-0.3, -0.25) is 15.4 Å². The van der Waals surface area contributed by atoms with Crippen molar-refractivity contribution in [2.45, 2.75) is 49.5 Å². The number of benzene rings is 2. The van der Waals surface area contributed by atoms with E-state index in [9.17, 15) is 24.8 Å². The van der Waals surface area contributed by atoms with Gasteiger partial charge in [0.2, 0.25) is 0 Å². The minimum Gasteiger partial charge on any atom is -0.478 e. The summed E-state index contributed by atoms with van der Waals surface area (Å²) in [5.41, 5.74) is 0.280. The molecule has 9 heteroatoms. The van der Waals surface area contributed by atoms with Crippen LogP contribution in [-0.2, 0) is 11.2 Å². The summed E-state index contributed by atoms with van der Waals surface area (Å²) in [6, 6.07) is 9.03. The van der Waals surface area contributed by atoms with Gasteiger partial charge in [-0.25, -0.2) is 9.59 Å². The number of nitrogens with one attached hydrogen (secondary N) is 1. The molecule has 0 aliphatic rings.